The second-order valence-corrected chi connectivity index (χ2v) is 7.61. The zero-order valence-corrected chi connectivity index (χ0v) is 16.6. The van der Waals surface area contributed by atoms with Gasteiger partial charge in [0.2, 0.25) is 0 Å². The van der Waals surface area contributed by atoms with Crippen LogP contribution in [-0.2, 0) is 0 Å². The van der Waals surface area contributed by atoms with Crippen LogP contribution in [0.25, 0.3) is 0 Å². The van der Waals surface area contributed by atoms with E-state index in [-0.39, 0.29) is 12.7 Å². The van der Waals surface area contributed by atoms with Crippen molar-refractivity contribution in [3.05, 3.63) is 0 Å². The molecule has 0 aromatic heterocycles. The van der Waals surface area contributed by atoms with E-state index in [4.69, 9.17) is 5.11 Å². The van der Waals surface area contributed by atoms with Gasteiger partial charge in [0.05, 0.1) is 6.10 Å². The third-order valence-corrected chi connectivity index (χ3v) is 5.09. The molecule has 146 valence electrons. The highest BCUT2D eigenvalue weighted by atomic mass is 16.3. The first-order chi connectivity index (χ1) is 11.8. The molecule has 0 aromatic carbocycles. The largest absolute Gasteiger partial charge is 0.396 e. The molecule has 0 bridgehead atoms. The summed E-state index contributed by atoms with van der Waals surface area (Å²) in [5.41, 5.74) is 0. The molecule has 24 heavy (non-hydrogen) atoms. The molecule has 0 aromatic rings. The first-order valence-electron chi connectivity index (χ1n) is 11.1. The minimum absolute atomic E-state index is 0.191. The van der Waals surface area contributed by atoms with Gasteiger partial charge in [-0.3, -0.25) is 0 Å². The van der Waals surface area contributed by atoms with Gasteiger partial charge in [-0.1, -0.05) is 110 Å². The number of unbranched alkanes of at least 4 members (excludes halogenated alkanes) is 15. The summed E-state index contributed by atoms with van der Waals surface area (Å²) < 4.78 is 0. The van der Waals surface area contributed by atoms with E-state index in [1.807, 2.05) is 0 Å². The molecule has 0 saturated heterocycles. The average Bonchev–Trinajstić information content (AvgIpc) is 2.59. The van der Waals surface area contributed by atoms with E-state index in [9.17, 15) is 5.11 Å². The highest BCUT2D eigenvalue weighted by Gasteiger charge is 2.02. The molecule has 2 heteroatoms. The van der Waals surface area contributed by atoms with Crippen LogP contribution < -0.4 is 0 Å². The Morgan fingerprint density at radius 3 is 1.21 bits per heavy atom. The van der Waals surface area contributed by atoms with Gasteiger partial charge >= 0.3 is 0 Å². The predicted molar refractivity (Wildman–Crippen MR) is 106 cm³/mol. The Kier molecular flexibility index (Phi) is 20.9. The molecule has 0 spiro atoms. The molecule has 0 saturated carbocycles. The zero-order chi connectivity index (χ0) is 17.7. The van der Waals surface area contributed by atoms with Crippen LogP contribution in [0, 0.1) is 0 Å². The van der Waals surface area contributed by atoms with E-state index < -0.39 is 0 Å². The van der Waals surface area contributed by atoms with Crippen LogP contribution in [0.5, 0.6) is 0 Å². The van der Waals surface area contributed by atoms with Crippen LogP contribution in [0.15, 0.2) is 0 Å². The molecule has 0 aliphatic carbocycles. The lowest BCUT2D eigenvalue weighted by atomic mass is 10.0. The number of rotatable bonds is 20. The van der Waals surface area contributed by atoms with Crippen LogP contribution in [0.1, 0.15) is 129 Å². The average molecular weight is 343 g/mol. The molecule has 0 aliphatic rings. The van der Waals surface area contributed by atoms with Crippen LogP contribution in [0.2, 0.25) is 0 Å². The van der Waals surface area contributed by atoms with Crippen LogP contribution in [-0.4, -0.2) is 22.9 Å². The van der Waals surface area contributed by atoms with Gasteiger partial charge in [0.15, 0.2) is 0 Å². The lowest BCUT2D eigenvalue weighted by Gasteiger charge is -2.09. The molecule has 0 aliphatic heterocycles. The van der Waals surface area contributed by atoms with Gasteiger partial charge in [-0.2, -0.15) is 0 Å². The topological polar surface area (TPSA) is 40.5 Å². The fourth-order valence-electron chi connectivity index (χ4n) is 3.40. The molecule has 2 N–H and O–H groups in total. The molecule has 0 heterocycles. The predicted octanol–water partition coefficient (Wildman–Crippen LogP) is 6.77. The molecule has 0 amide bonds. The van der Waals surface area contributed by atoms with Crippen molar-refractivity contribution in [1.82, 2.24) is 0 Å². The molecule has 1 atom stereocenters. The van der Waals surface area contributed by atoms with Crippen molar-refractivity contribution in [2.75, 3.05) is 6.61 Å². The van der Waals surface area contributed by atoms with E-state index >= 15 is 0 Å². The fourth-order valence-corrected chi connectivity index (χ4v) is 3.40. The Morgan fingerprint density at radius 2 is 0.833 bits per heavy atom. The SMILES string of the molecule is CCCCCCCCCCCCCCCCCCC(O)CCCO. The van der Waals surface area contributed by atoms with Crippen LogP contribution in [0.3, 0.4) is 0 Å². The van der Waals surface area contributed by atoms with Crippen molar-refractivity contribution >= 4 is 0 Å². The monoisotopic (exact) mass is 342 g/mol. The Labute approximate surface area is 152 Å². The van der Waals surface area contributed by atoms with E-state index in [1.165, 1.54) is 96.3 Å². The Morgan fingerprint density at radius 1 is 0.500 bits per heavy atom. The van der Waals surface area contributed by atoms with Gasteiger partial charge < -0.3 is 10.2 Å². The summed E-state index contributed by atoms with van der Waals surface area (Å²) in [7, 11) is 0. The second kappa shape index (κ2) is 21.0. The van der Waals surface area contributed by atoms with Crippen molar-refractivity contribution in [2.45, 2.75) is 135 Å². The normalized spacial score (nSPS) is 12.6. The number of aliphatic hydroxyl groups is 2. The Hall–Kier alpha value is -0.0800. The van der Waals surface area contributed by atoms with E-state index in [0.29, 0.717) is 0 Å². The molecule has 1 unspecified atom stereocenters. The van der Waals surface area contributed by atoms with Crippen molar-refractivity contribution in [1.29, 1.82) is 0 Å². The van der Waals surface area contributed by atoms with E-state index in [0.717, 1.165) is 25.7 Å². The number of aliphatic hydroxyl groups excluding tert-OH is 2. The Bertz CT molecular complexity index is 218. The maximum atomic E-state index is 9.68. The summed E-state index contributed by atoms with van der Waals surface area (Å²) in [6, 6.07) is 0. The van der Waals surface area contributed by atoms with Gasteiger partial charge in [-0.05, 0) is 19.3 Å². The number of hydrogen-bond donors (Lipinski definition) is 2. The third-order valence-electron chi connectivity index (χ3n) is 5.09. The van der Waals surface area contributed by atoms with Crippen molar-refractivity contribution < 1.29 is 10.2 Å². The number of hydrogen-bond acceptors (Lipinski definition) is 2. The van der Waals surface area contributed by atoms with Crippen molar-refractivity contribution in [3.8, 4) is 0 Å². The molecular weight excluding hydrogens is 296 g/mol. The molecule has 2 nitrogen and oxygen atoms in total. The third kappa shape index (κ3) is 20.0. The summed E-state index contributed by atoms with van der Waals surface area (Å²) in [5, 5.41) is 18.4. The van der Waals surface area contributed by atoms with Gasteiger partial charge in [-0.25, -0.2) is 0 Å². The van der Waals surface area contributed by atoms with Gasteiger partial charge in [-0.15, -0.1) is 0 Å². The summed E-state index contributed by atoms with van der Waals surface area (Å²) in [6.07, 6.45) is 24.4. The van der Waals surface area contributed by atoms with Gasteiger partial charge in [0.1, 0.15) is 0 Å². The molecular formula is C22H46O2. The maximum absolute atomic E-state index is 9.68. The Balaban J connectivity index is 3.02. The first-order valence-corrected chi connectivity index (χ1v) is 11.1. The summed E-state index contributed by atoms with van der Waals surface area (Å²) >= 11 is 0. The fraction of sp³-hybridized carbons (Fsp3) is 1.00. The lowest BCUT2D eigenvalue weighted by molar-refractivity contribution is 0.137. The van der Waals surface area contributed by atoms with Crippen molar-refractivity contribution in [2.24, 2.45) is 0 Å². The molecule has 0 rings (SSSR count). The lowest BCUT2D eigenvalue weighted by Crippen LogP contribution is -2.06. The van der Waals surface area contributed by atoms with E-state index in [1.54, 1.807) is 0 Å². The summed E-state index contributed by atoms with van der Waals surface area (Å²) in [6.45, 7) is 2.49. The van der Waals surface area contributed by atoms with Gasteiger partial charge in [0.25, 0.3) is 0 Å². The standard InChI is InChI=1S/C22H46O2/c1-2-3-4-5-6-7-8-9-10-11-12-13-14-15-16-17-19-22(24)20-18-21-23/h22-24H,2-21H2,1H3. The van der Waals surface area contributed by atoms with Crippen LogP contribution >= 0.6 is 0 Å². The summed E-state index contributed by atoms with van der Waals surface area (Å²) in [5.74, 6) is 0. The minimum atomic E-state index is -0.191. The first kappa shape index (κ1) is 23.9. The minimum Gasteiger partial charge on any atom is -0.396 e. The maximum Gasteiger partial charge on any atom is 0.0541 e. The molecule has 0 fully saturated rings. The quantitative estimate of drug-likeness (QED) is 0.240. The van der Waals surface area contributed by atoms with Crippen molar-refractivity contribution in [3.63, 3.8) is 0 Å². The highest BCUT2D eigenvalue weighted by Crippen LogP contribution is 2.14. The van der Waals surface area contributed by atoms with Gasteiger partial charge in [0, 0.05) is 6.61 Å². The zero-order valence-electron chi connectivity index (χ0n) is 16.6. The van der Waals surface area contributed by atoms with E-state index in [2.05, 4.69) is 6.92 Å². The molecule has 0 radical (unpaired) electrons. The highest BCUT2D eigenvalue weighted by molar-refractivity contribution is 4.56. The second-order valence-electron chi connectivity index (χ2n) is 7.61. The van der Waals surface area contributed by atoms with Crippen LogP contribution in [0.4, 0.5) is 0 Å². The smallest absolute Gasteiger partial charge is 0.0541 e. The summed E-state index contributed by atoms with van der Waals surface area (Å²) in [4.78, 5) is 0.